The van der Waals surface area contributed by atoms with E-state index in [0.717, 1.165) is 6.42 Å². The van der Waals surface area contributed by atoms with Gasteiger partial charge in [-0.05, 0) is 17.9 Å². The third-order valence-electron chi connectivity index (χ3n) is 3.94. The summed E-state index contributed by atoms with van der Waals surface area (Å²) in [6.45, 7) is 8.26. The first-order chi connectivity index (χ1) is 8.92. The zero-order chi connectivity index (χ0) is 14.6. The smallest absolute Gasteiger partial charge is 0.328 e. The molecule has 0 saturated carbocycles. The van der Waals surface area contributed by atoms with Crippen LogP contribution in [0.3, 0.4) is 0 Å². The van der Waals surface area contributed by atoms with Crippen LogP contribution in [0.15, 0.2) is 12.3 Å². The minimum Gasteiger partial charge on any atom is -0.467 e. The highest BCUT2D eigenvalue weighted by atomic mass is 16.5. The Hall–Kier alpha value is -1.32. The molecule has 0 bridgehead atoms. The molecule has 19 heavy (non-hydrogen) atoms. The van der Waals surface area contributed by atoms with Gasteiger partial charge in [-0.2, -0.15) is 0 Å². The second kappa shape index (κ2) is 6.73. The van der Waals surface area contributed by atoms with Gasteiger partial charge in [-0.3, -0.25) is 4.79 Å². The fourth-order valence-electron chi connectivity index (χ4n) is 2.53. The number of ether oxygens (including phenoxy) is 1. The van der Waals surface area contributed by atoms with Crippen molar-refractivity contribution in [3.8, 4) is 0 Å². The van der Waals surface area contributed by atoms with Crippen LogP contribution in [0.5, 0.6) is 0 Å². The first-order valence-electron chi connectivity index (χ1n) is 6.98. The van der Waals surface area contributed by atoms with E-state index < -0.39 is 0 Å². The second-order valence-corrected chi connectivity index (χ2v) is 5.60. The summed E-state index contributed by atoms with van der Waals surface area (Å²) in [6.07, 6.45) is 4.70. The molecular weight excluding hydrogens is 242 g/mol. The molecule has 1 rings (SSSR count). The summed E-state index contributed by atoms with van der Waals surface area (Å²) >= 11 is 0. The Bertz CT molecular complexity index is 362. The van der Waals surface area contributed by atoms with Crippen LogP contribution >= 0.6 is 0 Å². The number of carbonyl (C=O) groups is 2. The first-order valence-corrected chi connectivity index (χ1v) is 6.98. The topological polar surface area (TPSA) is 46.6 Å². The van der Waals surface area contributed by atoms with Gasteiger partial charge in [-0.25, -0.2) is 4.79 Å². The third-order valence-corrected chi connectivity index (χ3v) is 3.94. The van der Waals surface area contributed by atoms with Gasteiger partial charge < -0.3 is 9.64 Å². The minimum atomic E-state index is -0.313. The van der Waals surface area contributed by atoms with Gasteiger partial charge in [0.25, 0.3) is 0 Å². The molecule has 0 saturated heterocycles. The highest BCUT2D eigenvalue weighted by Gasteiger charge is 2.37. The summed E-state index contributed by atoms with van der Waals surface area (Å²) in [5.74, 6) is 0.401. The van der Waals surface area contributed by atoms with Crippen molar-refractivity contribution in [1.29, 1.82) is 0 Å². The Morgan fingerprint density at radius 2 is 2.11 bits per heavy atom. The number of esters is 1. The van der Waals surface area contributed by atoms with Crippen LogP contribution in [-0.4, -0.2) is 35.8 Å². The number of methoxy groups -OCH3 is 1. The molecule has 0 amide bonds. The van der Waals surface area contributed by atoms with Crippen molar-refractivity contribution < 1.29 is 14.3 Å². The van der Waals surface area contributed by atoms with Gasteiger partial charge in [0.05, 0.1) is 7.11 Å². The Balaban J connectivity index is 3.07. The van der Waals surface area contributed by atoms with Gasteiger partial charge >= 0.3 is 5.97 Å². The van der Waals surface area contributed by atoms with Crippen molar-refractivity contribution in [2.75, 3.05) is 7.11 Å². The zero-order valence-electron chi connectivity index (χ0n) is 12.6. The van der Waals surface area contributed by atoms with Crippen molar-refractivity contribution in [2.45, 2.75) is 52.6 Å². The van der Waals surface area contributed by atoms with Crippen LogP contribution in [0.4, 0.5) is 0 Å². The van der Waals surface area contributed by atoms with E-state index >= 15 is 0 Å². The molecule has 0 spiro atoms. The maximum absolute atomic E-state index is 12.1. The van der Waals surface area contributed by atoms with Crippen molar-refractivity contribution in [2.24, 2.45) is 11.8 Å². The van der Waals surface area contributed by atoms with Gasteiger partial charge in [0.2, 0.25) is 0 Å². The number of hydrogen-bond donors (Lipinski definition) is 0. The van der Waals surface area contributed by atoms with E-state index in [1.807, 2.05) is 11.8 Å². The van der Waals surface area contributed by atoms with Gasteiger partial charge in [-0.1, -0.05) is 34.1 Å². The quantitative estimate of drug-likeness (QED) is 0.718. The van der Waals surface area contributed by atoms with Crippen LogP contribution in [-0.2, 0) is 14.3 Å². The minimum absolute atomic E-state index is 0.0654. The molecule has 0 aliphatic carbocycles. The number of hydrogen-bond acceptors (Lipinski definition) is 4. The predicted octanol–water partition coefficient (Wildman–Crippen LogP) is 2.39. The summed E-state index contributed by atoms with van der Waals surface area (Å²) < 4.78 is 4.94. The standard InChI is InChI=1S/C15H25NO3/c1-6-11(4)14(15(18)19-5)16-8-7-12(17)9-13(16)10(2)3/h7-8,10-11,13-14H,6,9H2,1-5H3/t11-,13+,14-/m0/s1. The highest BCUT2D eigenvalue weighted by Crippen LogP contribution is 2.27. The van der Waals surface area contributed by atoms with Gasteiger partial charge in [0.15, 0.2) is 5.78 Å². The summed E-state index contributed by atoms with van der Waals surface area (Å²) in [5, 5.41) is 0. The summed E-state index contributed by atoms with van der Waals surface area (Å²) in [4.78, 5) is 25.7. The van der Waals surface area contributed by atoms with Crippen molar-refractivity contribution >= 4 is 11.8 Å². The average Bonchev–Trinajstić information content (AvgIpc) is 2.39. The Morgan fingerprint density at radius 3 is 2.58 bits per heavy atom. The van der Waals surface area contributed by atoms with Crippen LogP contribution in [0, 0.1) is 11.8 Å². The maximum atomic E-state index is 12.1. The van der Waals surface area contributed by atoms with Crippen molar-refractivity contribution in [1.82, 2.24) is 4.90 Å². The van der Waals surface area contributed by atoms with E-state index in [9.17, 15) is 9.59 Å². The molecule has 1 aliphatic heterocycles. The fourth-order valence-corrected chi connectivity index (χ4v) is 2.53. The molecule has 1 aliphatic rings. The molecule has 4 heteroatoms. The molecule has 1 heterocycles. The van der Waals surface area contributed by atoms with Crippen LogP contribution < -0.4 is 0 Å². The highest BCUT2D eigenvalue weighted by molar-refractivity contribution is 5.91. The molecule has 108 valence electrons. The molecule has 0 fully saturated rings. The summed E-state index contributed by atoms with van der Waals surface area (Å²) in [7, 11) is 1.42. The molecule has 0 N–H and O–H groups in total. The molecule has 0 aromatic heterocycles. The first kappa shape index (κ1) is 15.7. The molecule has 0 aromatic carbocycles. The largest absolute Gasteiger partial charge is 0.467 e. The number of rotatable bonds is 5. The normalized spacial score (nSPS) is 22.5. The molecule has 0 unspecified atom stereocenters. The number of ketones is 1. The van der Waals surface area contributed by atoms with Gasteiger partial charge in [-0.15, -0.1) is 0 Å². The molecule has 3 atom stereocenters. The van der Waals surface area contributed by atoms with E-state index in [4.69, 9.17) is 4.74 Å². The number of allylic oxidation sites excluding steroid dienone is 1. The lowest BCUT2D eigenvalue weighted by atomic mass is 9.89. The number of nitrogens with zero attached hydrogens (tertiary/aromatic N) is 1. The maximum Gasteiger partial charge on any atom is 0.328 e. The zero-order valence-corrected chi connectivity index (χ0v) is 12.6. The SMILES string of the molecule is CC[C@H](C)[C@@H](C(=O)OC)N1C=CC(=O)C[C@@H]1C(C)C. The summed E-state index contributed by atoms with van der Waals surface area (Å²) in [5.41, 5.74) is 0. The lowest BCUT2D eigenvalue weighted by Gasteiger charge is -2.41. The van der Waals surface area contributed by atoms with E-state index in [1.165, 1.54) is 7.11 Å². The Kier molecular flexibility index (Phi) is 5.58. The fraction of sp³-hybridized carbons (Fsp3) is 0.733. The molecular formula is C15H25NO3. The average molecular weight is 267 g/mol. The van der Waals surface area contributed by atoms with Crippen LogP contribution in [0.25, 0.3) is 0 Å². The van der Waals surface area contributed by atoms with Crippen LogP contribution in [0.1, 0.15) is 40.5 Å². The van der Waals surface area contributed by atoms with Crippen molar-refractivity contribution in [3.05, 3.63) is 12.3 Å². The molecule has 4 nitrogen and oxygen atoms in total. The third kappa shape index (κ3) is 3.58. The van der Waals surface area contributed by atoms with E-state index in [1.54, 1.807) is 12.3 Å². The van der Waals surface area contributed by atoms with Gasteiger partial charge in [0, 0.05) is 18.7 Å². The van der Waals surface area contributed by atoms with E-state index in [2.05, 4.69) is 20.8 Å². The summed E-state index contributed by atoms with van der Waals surface area (Å²) in [6, 6.07) is -0.248. The second-order valence-electron chi connectivity index (χ2n) is 5.60. The van der Waals surface area contributed by atoms with Gasteiger partial charge in [0.1, 0.15) is 6.04 Å². The number of carbonyl (C=O) groups excluding carboxylic acids is 2. The van der Waals surface area contributed by atoms with E-state index in [-0.39, 0.29) is 29.8 Å². The Morgan fingerprint density at radius 1 is 1.47 bits per heavy atom. The lowest BCUT2D eigenvalue weighted by Crippen LogP contribution is -2.51. The van der Waals surface area contributed by atoms with Crippen molar-refractivity contribution in [3.63, 3.8) is 0 Å². The monoisotopic (exact) mass is 267 g/mol. The lowest BCUT2D eigenvalue weighted by molar-refractivity contribution is -0.150. The predicted molar refractivity (Wildman–Crippen MR) is 74.5 cm³/mol. The molecule has 0 radical (unpaired) electrons. The Labute approximate surface area is 115 Å². The molecule has 0 aromatic rings. The van der Waals surface area contributed by atoms with E-state index in [0.29, 0.717) is 12.3 Å². The van der Waals surface area contributed by atoms with Crippen LogP contribution in [0.2, 0.25) is 0 Å².